The maximum atomic E-state index is 11.3. The molecule has 0 unspecified atom stereocenters. The number of aromatic amines is 1. The summed E-state index contributed by atoms with van der Waals surface area (Å²) < 4.78 is 2.08. The molecule has 0 fully saturated rings. The van der Waals surface area contributed by atoms with Crippen LogP contribution < -0.4 is 5.56 Å². The Labute approximate surface area is 86.0 Å². The fraction of sp³-hybridized carbons (Fsp3) is 0.0833. The topological polar surface area (TPSA) is 37.8 Å². The maximum absolute atomic E-state index is 11.3. The lowest BCUT2D eigenvalue weighted by Gasteiger charge is -1.95. The van der Waals surface area contributed by atoms with Crippen molar-refractivity contribution >= 4 is 21.9 Å². The fourth-order valence-corrected chi connectivity index (χ4v) is 2.06. The van der Waals surface area contributed by atoms with E-state index >= 15 is 0 Å². The van der Waals surface area contributed by atoms with Crippen molar-refractivity contribution < 1.29 is 0 Å². The molecule has 3 rings (SSSR count). The molecule has 0 radical (unpaired) electrons. The number of fused-ring (bicyclic) bond motifs is 3. The summed E-state index contributed by atoms with van der Waals surface area (Å²) in [5, 5.41) is 1.09. The van der Waals surface area contributed by atoms with Crippen molar-refractivity contribution in [3.05, 3.63) is 46.8 Å². The first-order valence-corrected chi connectivity index (χ1v) is 4.84. The van der Waals surface area contributed by atoms with Gasteiger partial charge in [-0.2, -0.15) is 0 Å². The zero-order valence-corrected chi connectivity index (χ0v) is 8.32. The molecular weight excluding hydrogens is 188 g/mol. The van der Waals surface area contributed by atoms with E-state index in [1.165, 1.54) is 0 Å². The van der Waals surface area contributed by atoms with E-state index in [-0.39, 0.29) is 5.56 Å². The van der Waals surface area contributed by atoms with E-state index in [1.54, 1.807) is 6.07 Å². The first-order valence-electron chi connectivity index (χ1n) is 4.84. The number of pyridine rings is 1. The summed E-state index contributed by atoms with van der Waals surface area (Å²) in [4.78, 5) is 14.1. The predicted molar refractivity (Wildman–Crippen MR) is 61.0 cm³/mol. The van der Waals surface area contributed by atoms with Gasteiger partial charge in [0, 0.05) is 18.5 Å². The summed E-state index contributed by atoms with van der Waals surface area (Å²) in [6, 6.07) is 11.5. The van der Waals surface area contributed by atoms with E-state index in [9.17, 15) is 4.79 Å². The maximum Gasteiger partial charge on any atom is 0.248 e. The van der Waals surface area contributed by atoms with Crippen molar-refractivity contribution in [3.63, 3.8) is 0 Å². The summed E-state index contributed by atoms with van der Waals surface area (Å²) >= 11 is 0. The summed E-state index contributed by atoms with van der Waals surface area (Å²) in [7, 11) is 2.00. The minimum absolute atomic E-state index is 0.0566. The Hall–Kier alpha value is -2.03. The van der Waals surface area contributed by atoms with Crippen LogP contribution in [0.3, 0.4) is 0 Å². The third-order valence-corrected chi connectivity index (χ3v) is 2.79. The van der Waals surface area contributed by atoms with Crippen LogP contribution in [0, 0.1) is 0 Å². The van der Waals surface area contributed by atoms with Crippen molar-refractivity contribution in [1.29, 1.82) is 0 Å². The van der Waals surface area contributed by atoms with Crippen LogP contribution in [-0.2, 0) is 7.05 Å². The number of benzene rings is 1. The van der Waals surface area contributed by atoms with Crippen LogP contribution in [0.25, 0.3) is 21.9 Å². The minimum Gasteiger partial charge on any atom is -0.342 e. The fourth-order valence-electron chi connectivity index (χ4n) is 2.06. The second-order valence-electron chi connectivity index (χ2n) is 3.66. The monoisotopic (exact) mass is 198 g/mol. The first-order chi connectivity index (χ1) is 7.27. The molecule has 0 aliphatic heterocycles. The summed E-state index contributed by atoms with van der Waals surface area (Å²) in [5.74, 6) is 0. The van der Waals surface area contributed by atoms with E-state index < -0.39 is 0 Å². The van der Waals surface area contributed by atoms with Crippen molar-refractivity contribution in [3.8, 4) is 0 Å². The lowest BCUT2D eigenvalue weighted by atomic mass is 10.2. The number of H-pyrrole nitrogens is 1. The summed E-state index contributed by atoms with van der Waals surface area (Å²) in [6.45, 7) is 0. The highest BCUT2D eigenvalue weighted by Gasteiger charge is 2.06. The largest absolute Gasteiger partial charge is 0.342 e. The number of hydrogen-bond acceptors (Lipinski definition) is 1. The Kier molecular flexibility index (Phi) is 1.51. The standard InChI is InChI=1S/C12H10N2O/c1-14-9-5-3-2-4-8(9)12-10(14)6-7-11(15)13-12/h2-7H,1H3,(H,13,15). The predicted octanol–water partition coefficient (Wildman–Crippen LogP) is 2.02. The van der Waals surface area contributed by atoms with Crippen LogP contribution in [-0.4, -0.2) is 9.55 Å². The molecule has 0 saturated carbocycles. The van der Waals surface area contributed by atoms with Crippen LogP contribution in [0.4, 0.5) is 0 Å². The van der Waals surface area contributed by atoms with E-state index in [4.69, 9.17) is 0 Å². The third kappa shape index (κ3) is 1.03. The Bertz CT molecular complexity index is 706. The smallest absolute Gasteiger partial charge is 0.248 e. The molecular formula is C12H10N2O. The number of nitrogens with one attached hydrogen (secondary N) is 1. The van der Waals surface area contributed by atoms with Crippen LogP contribution >= 0.6 is 0 Å². The lowest BCUT2D eigenvalue weighted by molar-refractivity contribution is 1.01. The van der Waals surface area contributed by atoms with Gasteiger partial charge in [-0.3, -0.25) is 4.79 Å². The van der Waals surface area contributed by atoms with Gasteiger partial charge < -0.3 is 9.55 Å². The Morgan fingerprint density at radius 3 is 2.73 bits per heavy atom. The van der Waals surface area contributed by atoms with Gasteiger partial charge in [-0.1, -0.05) is 18.2 Å². The molecule has 0 saturated heterocycles. The number of hydrogen-bond donors (Lipinski definition) is 1. The molecule has 0 atom stereocenters. The molecule has 15 heavy (non-hydrogen) atoms. The number of aromatic nitrogens is 2. The highest BCUT2D eigenvalue weighted by Crippen LogP contribution is 2.24. The molecule has 3 aromatic rings. The molecule has 0 aliphatic rings. The van der Waals surface area contributed by atoms with Gasteiger partial charge in [-0.05, 0) is 12.1 Å². The third-order valence-electron chi connectivity index (χ3n) is 2.79. The van der Waals surface area contributed by atoms with E-state index in [1.807, 2.05) is 37.4 Å². The molecule has 2 heterocycles. The van der Waals surface area contributed by atoms with Crippen LogP contribution in [0.1, 0.15) is 0 Å². The molecule has 0 aliphatic carbocycles. The number of aryl methyl sites for hydroxylation is 1. The van der Waals surface area contributed by atoms with Gasteiger partial charge in [-0.15, -0.1) is 0 Å². The number of nitrogens with zero attached hydrogens (tertiary/aromatic N) is 1. The molecule has 3 nitrogen and oxygen atoms in total. The summed E-state index contributed by atoms with van der Waals surface area (Å²) in [5.41, 5.74) is 3.05. The van der Waals surface area contributed by atoms with Gasteiger partial charge in [0.1, 0.15) is 0 Å². The Balaban J connectivity index is 2.70. The van der Waals surface area contributed by atoms with Crippen LogP contribution in [0.15, 0.2) is 41.2 Å². The average molecular weight is 198 g/mol. The van der Waals surface area contributed by atoms with E-state index in [0.29, 0.717) is 0 Å². The number of para-hydroxylation sites is 1. The van der Waals surface area contributed by atoms with Gasteiger partial charge in [0.2, 0.25) is 5.56 Å². The second kappa shape index (κ2) is 2.73. The lowest BCUT2D eigenvalue weighted by Crippen LogP contribution is -2.02. The normalized spacial score (nSPS) is 11.3. The molecule has 0 spiro atoms. The molecule has 3 heteroatoms. The molecule has 2 aromatic heterocycles. The van der Waals surface area contributed by atoms with Gasteiger partial charge in [0.05, 0.1) is 16.6 Å². The minimum atomic E-state index is -0.0566. The van der Waals surface area contributed by atoms with Crippen molar-refractivity contribution in [2.75, 3.05) is 0 Å². The van der Waals surface area contributed by atoms with Crippen molar-refractivity contribution in [2.45, 2.75) is 0 Å². The average Bonchev–Trinajstić information content (AvgIpc) is 2.54. The van der Waals surface area contributed by atoms with Gasteiger partial charge in [-0.25, -0.2) is 0 Å². The zero-order chi connectivity index (χ0) is 10.4. The van der Waals surface area contributed by atoms with Gasteiger partial charge in [0.15, 0.2) is 0 Å². The first kappa shape index (κ1) is 8.29. The number of rotatable bonds is 0. The highest BCUT2D eigenvalue weighted by atomic mass is 16.1. The molecule has 0 amide bonds. The molecule has 1 aromatic carbocycles. The van der Waals surface area contributed by atoms with Gasteiger partial charge >= 0.3 is 0 Å². The molecule has 74 valence electrons. The van der Waals surface area contributed by atoms with E-state index in [0.717, 1.165) is 21.9 Å². The second-order valence-corrected chi connectivity index (χ2v) is 3.66. The Morgan fingerprint density at radius 1 is 1.07 bits per heavy atom. The molecule has 1 N–H and O–H groups in total. The quantitative estimate of drug-likeness (QED) is 0.589. The summed E-state index contributed by atoms with van der Waals surface area (Å²) in [6.07, 6.45) is 0. The van der Waals surface area contributed by atoms with Gasteiger partial charge in [0.25, 0.3) is 0 Å². The van der Waals surface area contributed by atoms with Crippen molar-refractivity contribution in [2.24, 2.45) is 7.05 Å². The highest BCUT2D eigenvalue weighted by molar-refractivity contribution is 6.05. The van der Waals surface area contributed by atoms with E-state index in [2.05, 4.69) is 9.55 Å². The SMILES string of the molecule is Cn1c2ccccc2c2[nH]c(=O)ccc21. The van der Waals surface area contributed by atoms with Crippen LogP contribution in [0.5, 0.6) is 0 Å². The van der Waals surface area contributed by atoms with Crippen molar-refractivity contribution in [1.82, 2.24) is 9.55 Å². The molecule has 0 bridgehead atoms. The zero-order valence-electron chi connectivity index (χ0n) is 8.32. The Morgan fingerprint density at radius 2 is 1.87 bits per heavy atom. The van der Waals surface area contributed by atoms with Crippen LogP contribution in [0.2, 0.25) is 0 Å².